The fourth-order valence-electron chi connectivity index (χ4n) is 3.44. The second-order valence-electron chi connectivity index (χ2n) is 6.16. The summed E-state index contributed by atoms with van der Waals surface area (Å²) in [6.45, 7) is 4.41. The number of aryl methyl sites for hydroxylation is 1. The van der Waals surface area contributed by atoms with Gasteiger partial charge < -0.3 is 15.0 Å². The summed E-state index contributed by atoms with van der Waals surface area (Å²) in [4.78, 5) is 14.3. The molecule has 1 aromatic carbocycles. The number of benzene rings is 1. The Morgan fingerprint density at radius 3 is 3.05 bits per heavy atom. The van der Waals surface area contributed by atoms with Gasteiger partial charge in [0, 0.05) is 12.7 Å². The van der Waals surface area contributed by atoms with Crippen LogP contribution in [0, 0.1) is 6.92 Å². The van der Waals surface area contributed by atoms with Crippen LogP contribution in [0.3, 0.4) is 0 Å². The maximum absolute atomic E-state index is 12.1. The molecule has 1 N–H and O–H groups in total. The molecule has 2 aliphatic rings. The van der Waals surface area contributed by atoms with Gasteiger partial charge in [0.15, 0.2) is 0 Å². The van der Waals surface area contributed by atoms with Crippen molar-refractivity contribution in [1.82, 2.24) is 5.32 Å². The second kappa shape index (κ2) is 6.03. The summed E-state index contributed by atoms with van der Waals surface area (Å²) >= 11 is 0. The average Bonchev–Trinajstić information content (AvgIpc) is 2.70. The number of nitrogens with one attached hydrogen (secondary N) is 1. The van der Waals surface area contributed by atoms with Crippen LogP contribution in [0.2, 0.25) is 0 Å². The van der Waals surface area contributed by atoms with Gasteiger partial charge in [-0.1, -0.05) is 17.7 Å². The first-order chi connectivity index (χ1) is 10.6. The lowest BCUT2D eigenvalue weighted by atomic mass is 9.94. The topological polar surface area (TPSA) is 41.6 Å². The van der Waals surface area contributed by atoms with Gasteiger partial charge in [0.25, 0.3) is 0 Å². The zero-order valence-corrected chi connectivity index (χ0v) is 13.6. The molecule has 118 valence electrons. The number of esters is 1. The molecule has 4 nitrogen and oxygen atoms in total. The van der Waals surface area contributed by atoms with Crippen LogP contribution in [0.15, 0.2) is 29.6 Å². The first-order valence-electron chi connectivity index (χ1n) is 8.08. The molecule has 2 aliphatic heterocycles. The minimum Gasteiger partial charge on any atom is -0.464 e. The van der Waals surface area contributed by atoms with E-state index in [0.29, 0.717) is 6.61 Å². The molecule has 2 heterocycles. The van der Waals surface area contributed by atoms with Gasteiger partial charge in [-0.25, -0.2) is 4.79 Å². The lowest BCUT2D eigenvalue weighted by molar-refractivity contribution is -0.145. The van der Waals surface area contributed by atoms with E-state index >= 15 is 0 Å². The van der Waals surface area contributed by atoms with E-state index < -0.39 is 0 Å². The van der Waals surface area contributed by atoms with Crippen LogP contribution >= 0.6 is 0 Å². The minimum atomic E-state index is -0.234. The van der Waals surface area contributed by atoms with Crippen LogP contribution in [-0.4, -0.2) is 25.7 Å². The Bertz CT molecular complexity index is 622. The molecule has 0 fully saturated rings. The highest BCUT2D eigenvalue weighted by Crippen LogP contribution is 2.35. The number of allylic oxidation sites excluding steroid dienone is 1. The Morgan fingerprint density at radius 1 is 1.45 bits per heavy atom. The van der Waals surface area contributed by atoms with E-state index in [2.05, 4.69) is 42.4 Å². The molecule has 0 saturated heterocycles. The predicted octanol–water partition coefficient (Wildman–Crippen LogP) is 2.90. The first-order valence-corrected chi connectivity index (χ1v) is 8.08. The van der Waals surface area contributed by atoms with E-state index in [4.69, 9.17) is 4.74 Å². The lowest BCUT2D eigenvalue weighted by Crippen LogP contribution is -2.42. The van der Waals surface area contributed by atoms with Gasteiger partial charge >= 0.3 is 5.97 Å². The summed E-state index contributed by atoms with van der Waals surface area (Å²) in [5, 5.41) is 3.44. The lowest BCUT2D eigenvalue weighted by Gasteiger charge is -2.33. The van der Waals surface area contributed by atoms with Gasteiger partial charge in [0.1, 0.15) is 11.9 Å². The Hall–Kier alpha value is -1.97. The molecule has 0 aromatic heterocycles. The van der Waals surface area contributed by atoms with E-state index in [1.807, 2.05) is 6.92 Å². The molecular weight excluding hydrogens is 276 g/mol. The molecule has 0 saturated carbocycles. The summed E-state index contributed by atoms with van der Waals surface area (Å²) in [7, 11) is 2.07. The zero-order chi connectivity index (χ0) is 15.7. The largest absolute Gasteiger partial charge is 0.464 e. The number of carbonyl (C=O) groups is 1. The molecule has 0 amide bonds. The zero-order valence-electron chi connectivity index (χ0n) is 13.6. The van der Waals surface area contributed by atoms with Crippen molar-refractivity contribution in [3.63, 3.8) is 0 Å². The Balaban J connectivity index is 1.89. The van der Waals surface area contributed by atoms with Crippen molar-refractivity contribution in [2.75, 3.05) is 18.6 Å². The number of hydrogen-bond donors (Lipinski definition) is 1. The Labute approximate surface area is 132 Å². The third kappa shape index (κ3) is 2.70. The highest BCUT2D eigenvalue weighted by molar-refractivity contribution is 5.76. The Kier molecular flexibility index (Phi) is 4.10. The SMILES string of the molecule is CCOC(=O)C1CCCC2=C(N1)N(C)c1ccc(C)cc1C2. The normalized spacial score (nSPS) is 20.7. The number of carbonyl (C=O) groups excluding carboxylic acids is 1. The van der Waals surface area contributed by atoms with Crippen molar-refractivity contribution in [2.45, 2.75) is 45.6 Å². The van der Waals surface area contributed by atoms with Gasteiger partial charge in [0.05, 0.1) is 6.61 Å². The maximum Gasteiger partial charge on any atom is 0.328 e. The van der Waals surface area contributed by atoms with Crippen LogP contribution in [0.25, 0.3) is 0 Å². The highest BCUT2D eigenvalue weighted by Gasteiger charge is 2.30. The molecule has 1 unspecified atom stereocenters. The highest BCUT2D eigenvalue weighted by atomic mass is 16.5. The number of ether oxygens (including phenoxy) is 1. The fraction of sp³-hybridized carbons (Fsp3) is 0.500. The smallest absolute Gasteiger partial charge is 0.328 e. The third-order valence-electron chi connectivity index (χ3n) is 4.52. The van der Waals surface area contributed by atoms with Crippen molar-refractivity contribution >= 4 is 11.7 Å². The monoisotopic (exact) mass is 300 g/mol. The van der Waals surface area contributed by atoms with Crippen molar-refractivity contribution in [3.05, 3.63) is 40.7 Å². The molecular formula is C18H24N2O2. The minimum absolute atomic E-state index is 0.139. The van der Waals surface area contributed by atoms with E-state index in [1.54, 1.807) is 0 Å². The maximum atomic E-state index is 12.1. The van der Waals surface area contributed by atoms with Crippen LogP contribution in [0.4, 0.5) is 5.69 Å². The summed E-state index contributed by atoms with van der Waals surface area (Å²) < 4.78 is 5.19. The van der Waals surface area contributed by atoms with E-state index in [9.17, 15) is 4.79 Å². The van der Waals surface area contributed by atoms with Crippen molar-refractivity contribution in [1.29, 1.82) is 0 Å². The quantitative estimate of drug-likeness (QED) is 0.853. The molecule has 0 aliphatic carbocycles. The molecule has 1 atom stereocenters. The number of fused-ring (bicyclic) bond motifs is 1. The van der Waals surface area contributed by atoms with E-state index in [0.717, 1.165) is 31.5 Å². The van der Waals surface area contributed by atoms with Crippen molar-refractivity contribution in [3.8, 4) is 0 Å². The van der Waals surface area contributed by atoms with Gasteiger partial charge in [0.2, 0.25) is 0 Å². The van der Waals surface area contributed by atoms with Gasteiger partial charge in [-0.3, -0.25) is 0 Å². The van der Waals surface area contributed by atoms with Crippen LogP contribution in [0.1, 0.15) is 37.3 Å². The first kappa shape index (κ1) is 14.9. The number of nitrogens with zero attached hydrogens (tertiary/aromatic N) is 1. The standard InChI is InChI=1S/C18H24N2O2/c1-4-22-18(21)15-7-5-6-13-11-14-10-12(2)8-9-16(14)20(3)17(13)19-15/h8-10,15,19H,4-7,11H2,1-3H3. The van der Waals surface area contributed by atoms with Crippen molar-refractivity contribution in [2.24, 2.45) is 0 Å². The van der Waals surface area contributed by atoms with Crippen LogP contribution in [-0.2, 0) is 16.0 Å². The number of anilines is 1. The second-order valence-corrected chi connectivity index (χ2v) is 6.16. The summed E-state index contributed by atoms with van der Waals surface area (Å²) in [5.74, 6) is 0.950. The van der Waals surface area contributed by atoms with Crippen molar-refractivity contribution < 1.29 is 9.53 Å². The molecule has 0 bridgehead atoms. The molecule has 0 radical (unpaired) electrons. The molecule has 22 heavy (non-hydrogen) atoms. The molecule has 4 heteroatoms. The van der Waals surface area contributed by atoms with Gasteiger partial charge in [-0.15, -0.1) is 0 Å². The summed E-state index contributed by atoms with van der Waals surface area (Å²) in [6, 6.07) is 6.34. The van der Waals surface area contributed by atoms with E-state index in [1.165, 1.54) is 22.4 Å². The van der Waals surface area contributed by atoms with Gasteiger partial charge in [-0.2, -0.15) is 0 Å². The van der Waals surface area contributed by atoms with Crippen LogP contribution < -0.4 is 10.2 Å². The third-order valence-corrected chi connectivity index (χ3v) is 4.52. The summed E-state index contributed by atoms with van der Waals surface area (Å²) in [6.07, 6.45) is 3.86. The predicted molar refractivity (Wildman–Crippen MR) is 87.7 cm³/mol. The van der Waals surface area contributed by atoms with Crippen LogP contribution in [0.5, 0.6) is 0 Å². The fourth-order valence-corrected chi connectivity index (χ4v) is 3.44. The molecule has 0 spiro atoms. The number of hydrogen-bond acceptors (Lipinski definition) is 4. The van der Waals surface area contributed by atoms with E-state index in [-0.39, 0.29) is 12.0 Å². The molecule has 1 aromatic rings. The summed E-state index contributed by atoms with van der Waals surface area (Å²) in [5.41, 5.74) is 5.29. The molecule has 3 rings (SSSR count). The van der Waals surface area contributed by atoms with Gasteiger partial charge in [-0.05, 0) is 56.7 Å². The average molecular weight is 300 g/mol. The number of rotatable bonds is 2. The Morgan fingerprint density at radius 2 is 2.27 bits per heavy atom.